The predicted molar refractivity (Wildman–Crippen MR) is 65.8 cm³/mol. The van der Waals surface area contributed by atoms with E-state index in [1.54, 1.807) is 0 Å². The van der Waals surface area contributed by atoms with Crippen LogP contribution in [0.3, 0.4) is 0 Å². The van der Waals surface area contributed by atoms with Crippen molar-refractivity contribution in [3.05, 3.63) is 48.3 Å². The molecule has 0 saturated carbocycles. The molecule has 0 radical (unpaired) electrons. The Labute approximate surface area is 108 Å². The fourth-order valence-corrected chi connectivity index (χ4v) is 2.54. The lowest BCUT2D eigenvalue weighted by Gasteiger charge is -2.09. The Morgan fingerprint density at radius 1 is 1.11 bits per heavy atom. The van der Waals surface area contributed by atoms with Gasteiger partial charge in [-0.2, -0.15) is 0 Å². The van der Waals surface area contributed by atoms with Gasteiger partial charge in [0.2, 0.25) is 0 Å². The van der Waals surface area contributed by atoms with Gasteiger partial charge in [0, 0.05) is 12.4 Å². The van der Waals surface area contributed by atoms with Crippen molar-refractivity contribution in [1.82, 2.24) is 4.98 Å². The third-order valence-electron chi connectivity index (χ3n) is 2.31. The van der Waals surface area contributed by atoms with E-state index >= 15 is 0 Å². The lowest BCUT2D eigenvalue weighted by atomic mass is 10.3. The molecule has 0 spiro atoms. The number of hydrogen-bond acceptors (Lipinski definition) is 4. The van der Waals surface area contributed by atoms with E-state index < -0.39 is 32.2 Å². The van der Waals surface area contributed by atoms with Crippen molar-refractivity contribution in [2.24, 2.45) is 0 Å². The van der Waals surface area contributed by atoms with Crippen LogP contribution in [0, 0.1) is 11.6 Å². The van der Waals surface area contributed by atoms with Crippen LogP contribution in [0.15, 0.2) is 41.6 Å². The van der Waals surface area contributed by atoms with E-state index in [0.29, 0.717) is 0 Å². The SMILES string of the molecule is Nc1c(F)ccc(S(=O)(=O)Nc2ccncc2)c1F. The molecule has 0 aliphatic carbocycles. The molecule has 0 amide bonds. The molecular weight excluding hydrogens is 276 g/mol. The smallest absolute Gasteiger partial charge is 0.264 e. The Morgan fingerprint density at radius 2 is 1.74 bits per heavy atom. The maximum atomic E-state index is 13.7. The first-order valence-corrected chi connectivity index (χ1v) is 6.56. The zero-order valence-electron chi connectivity index (χ0n) is 9.47. The minimum absolute atomic E-state index is 0.206. The van der Waals surface area contributed by atoms with Gasteiger partial charge in [0.25, 0.3) is 10.0 Å². The predicted octanol–water partition coefficient (Wildman–Crippen LogP) is 1.74. The quantitative estimate of drug-likeness (QED) is 0.841. The van der Waals surface area contributed by atoms with E-state index in [1.807, 2.05) is 0 Å². The summed E-state index contributed by atoms with van der Waals surface area (Å²) in [6.45, 7) is 0. The van der Waals surface area contributed by atoms with Crippen LogP contribution in [0.25, 0.3) is 0 Å². The number of aromatic nitrogens is 1. The fourth-order valence-electron chi connectivity index (χ4n) is 1.39. The number of halogens is 2. The fraction of sp³-hybridized carbons (Fsp3) is 0. The topological polar surface area (TPSA) is 85.1 Å². The number of nitrogens with zero attached hydrogens (tertiary/aromatic N) is 1. The van der Waals surface area contributed by atoms with Gasteiger partial charge >= 0.3 is 0 Å². The maximum absolute atomic E-state index is 13.7. The molecule has 1 aromatic carbocycles. The third kappa shape index (κ3) is 2.63. The highest BCUT2D eigenvalue weighted by Crippen LogP contribution is 2.24. The van der Waals surface area contributed by atoms with Crippen LogP contribution in [0.5, 0.6) is 0 Å². The number of rotatable bonds is 3. The zero-order chi connectivity index (χ0) is 14.0. The van der Waals surface area contributed by atoms with Crippen LogP contribution in [-0.2, 0) is 10.0 Å². The van der Waals surface area contributed by atoms with E-state index in [2.05, 4.69) is 9.71 Å². The molecule has 0 aliphatic rings. The van der Waals surface area contributed by atoms with Crippen molar-refractivity contribution in [2.75, 3.05) is 10.5 Å². The Kier molecular flexibility index (Phi) is 3.34. The summed E-state index contributed by atoms with van der Waals surface area (Å²) < 4.78 is 52.7. The maximum Gasteiger partial charge on any atom is 0.264 e. The van der Waals surface area contributed by atoms with E-state index in [1.165, 1.54) is 24.5 Å². The van der Waals surface area contributed by atoms with Crippen molar-refractivity contribution in [3.8, 4) is 0 Å². The second-order valence-electron chi connectivity index (χ2n) is 3.61. The molecule has 8 heteroatoms. The monoisotopic (exact) mass is 285 g/mol. The van der Waals surface area contributed by atoms with Gasteiger partial charge < -0.3 is 5.73 Å². The number of pyridine rings is 1. The highest BCUT2D eigenvalue weighted by atomic mass is 32.2. The molecule has 0 fully saturated rings. The van der Waals surface area contributed by atoms with Crippen LogP contribution < -0.4 is 10.5 Å². The van der Waals surface area contributed by atoms with Gasteiger partial charge in [0.15, 0.2) is 5.82 Å². The molecule has 2 aromatic rings. The summed E-state index contributed by atoms with van der Waals surface area (Å²) in [6, 6.07) is 4.38. The zero-order valence-corrected chi connectivity index (χ0v) is 10.3. The van der Waals surface area contributed by atoms with Crippen LogP contribution in [0.2, 0.25) is 0 Å². The number of nitrogens with two attached hydrogens (primary N) is 1. The molecule has 1 aromatic heterocycles. The van der Waals surface area contributed by atoms with Gasteiger partial charge in [0.05, 0.1) is 5.69 Å². The van der Waals surface area contributed by atoms with Gasteiger partial charge in [-0.3, -0.25) is 9.71 Å². The number of benzene rings is 1. The molecule has 5 nitrogen and oxygen atoms in total. The van der Waals surface area contributed by atoms with E-state index in [9.17, 15) is 17.2 Å². The summed E-state index contributed by atoms with van der Waals surface area (Å²) >= 11 is 0. The van der Waals surface area contributed by atoms with Crippen molar-refractivity contribution in [3.63, 3.8) is 0 Å². The molecule has 19 heavy (non-hydrogen) atoms. The summed E-state index contributed by atoms with van der Waals surface area (Å²) in [7, 11) is -4.18. The van der Waals surface area contributed by atoms with Crippen molar-refractivity contribution >= 4 is 21.4 Å². The molecular formula is C11H9F2N3O2S. The molecule has 1 heterocycles. The second kappa shape index (κ2) is 4.81. The number of nitrogen functional groups attached to an aromatic ring is 1. The Bertz CT molecular complexity index is 705. The van der Waals surface area contributed by atoms with Crippen molar-refractivity contribution < 1.29 is 17.2 Å². The highest BCUT2D eigenvalue weighted by Gasteiger charge is 2.22. The molecule has 0 saturated heterocycles. The Morgan fingerprint density at radius 3 is 2.37 bits per heavy atom. The number of sulfonamides is 1. The molecule has 0 aliphatic heterocycles. The van der Waals surface area contributed by atoms with Crippen LogP contribution in [0.1, 0.15) is 0 Å². The van der Waals surface area contributed by atoms with E-state index in [0.717, 1.165) is 12.1 Å². The van der Waals surface area contributed by atoms with Crippen molar-refractivity contribution in [1.29, 1.82) is 0 Å². The first-order valence-electron chi connectivity index (χ1n) is 5.08. The van der Waals surface area contributed by atoms with Gasteiger partial charge in [-0.25, -0.2) is 17.2 Å². The van der Waals surface area contributed by atoms with Gasteiger partial charge in [-0.15, -0.1) is 0 Å². The van der Waals surface area contributed by atoms with Crippen LogP contribution >= 0.6 is 0 Å². The lowest BCUT2D eigenvalue weighted by Crippen LogP contribution is -2.16. The molecule has 0 atom stereocenters. The van der Waals surface area contributed by atoms with Crippen molar-refractivity contribution in [2.45, 2.75) is 4.90 Å². The van der Waals surface area contributed by atoms with Crippen LogP contribution in [0.4, 0.5) is 20.2 Å². The van der Waals surface area contributed by atoms with Gasteiger partial charge in [-0.1, -0.05) is 0 Å². The minimum Gasteiger partial charge on any atom is -0.394 e. The third-order valence-corrected chi connectivity index (χ3v) is 3.71. The number of nitrogens with one attached hydrogen (secondary N) is 1. The molecule has 0 unspecified atom stereocenters. The molecule has 0 bridgehead atoms. The van der Waals surface area contributed by atoms with E-state index in [-0.39, 0.29) is 5.69 Å². The highest BCUT2D eigenvalue weighted by molar-refractivity contribution is 7.92. The molecule has 100 valence electrons. The summed E-state index contributed by atoms with van der Waals surface area (Å²) in [5.74, 6) is -2.33. The first kappa shape index (κ1) is 13.2. The number of hydrogen-bond donors (Lipinski definition) is 2. The second-order valence-corrected chi connectivity index (χ2v) is 5.27. The largest absolute Gasteiger partial charge is 0.394 e. The number of anilines is 2. The summed E-state index contributed by atoms with van der Waals surface area (Å²) in [5, 5.41) is 0. The Hall–Kier alpha value is -2.22. The van der Waals surface area contributed by atoms with Gasteiger partial charge in [0.1, 0.15) is 16.4 Å². The average Bonchev–Trinajstić information content (AvgIpc) is 2.36. The lowest BCUT2D eigenvalue weighted by molar-refractivity contribution is 0.557. The minimum atomic E-state index is -4.18. The van der Waals surface area contributed by atoms with Crippen LogP contribution in [-0.4, -0.2) is 13.4 Å². The first-order chi connectivity index (χ1) is 8.92. The van der Waals surface area contributed by atoms with E-state index in [4.69, 9.17) is 5.73 Å². The van der Waals surface area contributed by atoms with Gasteiger partial charge in [-0.05, 0) is 24.3 Å². The summed E-state index contributed by atoms with van der Waals surface area (Å²) in [4.78, 5) is 2.99. The normalized spacial score (nSPS) is 11.3. The molecule has 2 rings (SSSR count). The summed E-state index contributed by atoms with van der Waals surface area (Å²) in [6.07, 6.45) is 2.74. The summed E-state index contributed by atoms with van der Waals surface area (Å²) in [5.41, 5.74) is 4.49. The average molecular weight is 285 g/mol. The Balaban J connectivity index is 2.44. The standard InChI is InChI=1S/C11H9F2N3O2S/c12-8-1-2-9(10(13)11(8)14)19(17,18)16-7-3-5-15-6-4-7/h1-6H,14H2,(H,15,16). The molecule has 3 N–H and O–H groups in total.